The van der Waals surface area contributed by atoms with Crippen LogP contribution < -0.4 is 16.6 Å². The van der Waals surface area contributed by atoms with Gasteiger partial charge in [0, 0.05) is 30.2 Å². The molecule has 7 heteroatoms. The summed E-state index contributed by atoms with van der Waals surface area (Å²) in [5.41, 5.74) is 7.46. The van der Waals surface area contributed by atoms with Gasteiger partial charge in [0.25, 0.3) is 5.56 Å². The lowest BCUT2D eigenvalue weighted by molar-refractivity contribution is 0.0636. The maximum atomic E-state index is 11.8. The first kappa shape index (κ1) is 16.5. The normalized spacial score (nSPS) is 11.1. The van der Waals surface area contributed by atoms with Crippen LogP contribution in [0.4, 0.5) is 16.2 Å². The van der Waals surface area contributed by atoms with Crippen LogP contribution in [0.5, 0.6) is 0 Å². The van der Waals surface area contributed by atoms with Gasteiger partial charge in [-0.3, -0.25) is 10.1 Å². The third-order valence-electron chi connectivity index (χ3n) is 2.95. The molecule has 0 aliphatic carbocycles. The van der Waals surface area contributed by atoms with E-state index in [2.05, 4.69) is 10.3 Å². The minimum atomic E-state index is -0.575. The molecule has 1 amide bonds. The molecule has 0 saturated carbocycles. The standard InChI is InChI=1S/C16H20N4O3/c1-16(2,3)23-15(22)19-10-5-6-11(12(17)7-10)13-9-20(4)14(21)8-18-13/h5-9H,17H2,1-4H3,(H,19,22). The molecule has 2 rings (SSSR count). The molecule has 3 N–H and O–H groups in total. The summed E-state index contributed by atoms with van der Waals surface area (Å²) in [5, 5.41) is 2.62. The van der Waals surface area contributed by atoms with Gasteiger partial charge in [0.15, 0.2) is 0 Å². The van der Waals surface area contributed by atoms with Crippen molar-refractivity contribution in [1.29, 1.82) is 0 Å². The van der Waals surface area contributed by atoms with Crippen molar-refractivity contribution in [2.24, 2.45) is 7.05 Å². The number of hydrogen-bond acceptors (Lipinski definition) is 5. The van der Waals surface area contributed by atoms with Crippen LogP contribution in [0, 0.1) is 0 Å². The Kier molecular flexibility index (Phi) is 4.40. The topological polar surface area (TPSA) is 99.2 Å². The predicted molar refractivity (Wildman–Crippen MR) is 89.2 cm³/mol. The molecule has 0 aliphatic rings. The van der Waals surface area contributed by atoms with Crippen molar-refractivity contribution in [2.75, 3.05) is 11.1 Å². The second-order valence-electron chi connectivity index (χ2n) is 6.15. The second kappa shape index (κ2) is 6.12. The highest BCUT2D eigenvalue weighted by Crippen LogP contribution is 2.26. The lowest BCUT2D eigenvalue weighted by Crippen LogP contribution is -2.27. The zero-order chi connectivity index (χ0) is 17.2. The molecule has 2 aromatic rings. The van der Waals surface area contributed by atoms with Crippen LogP contribution in [0.3, 0.4) is 0 Å². The van der Waals surface area contributed by atoms with Crippen molar-refractivity contribution in [3.05, 3.63) is 40.9 Å². The van der Waals surface area contributed by atoms with Gasteiger partial charge in [-0.2, -0.15) is 0 Å². The minimum absolute atomic E-state index is 0.199. The van der Waals surface area contributed by atoms with Crippen LogP contribution >= 0.6 is 0 Å². The van der Waals surface area contributed by atoms with E-state index in [-0.39, 0.29) is 5.56 Å². The van der Waals surface area contributed by atoms with E-state index in [1.54, 1.807) is 52.2 Å². The van der Waals surface area contributed by atoms with E-state index in [0.717, 1.165) is 0 Å². The van der Waals surface area contributed by atoms with Gasteiger partial charge in [0.2, 0.25) is 0 Å². The monoisotopic (exact) mass is 316 g/mol. The third kappa shape index (κ3) is 4.32. The van der Waals surface area contributed by atoms with Crippen molar-refractivity contribution in [3.8, 4) is 11.3 Å². The first-order chi connectivity index (χ1) is 10.7. The highest BCUT2D eigenvalue weighted by atomic mass is 16.6. The van der Waals surface area contributed by atoms with Gasteiger partial charge in [0.05, 0.1) is 11.9 Å². The average Bonchev–Trinajstić information content (AvgIpc) is 2.40. The van der Waals surface area contributed by atoms with Crippen molar-refractivity contribution in [3.63, 3.8) is 0 Å². The van der Waals surface area contributed by atoms with Crippen LogP contribution in [0.15, 0.2) is 35.4 Å². The molecule has 7 nitrogen and oxygen atoms in total. The Morgan fingerprint density at radius 2 is 2.04 bits per heavy atom. The highest BCUT2D eigenvalue weighted by molar-refractivity contribution is 5.87. The number of rotatable bonds is 2. The molecule has 23 heavy (non-hydrogen) atoms. The Bertz CT molecular complexity index is 791. The zero-order valence-corrected chi connectivity index (χ0v) is 13.6. The predicted octanol–water partition coefficient (Wildman–Crippen LogP) is 2.38. The molecule has 0 spiro atoms. The van der Waals surface area contributed by atoms with Crippen molar-refractivity contribution >= 4 is 17.5 Å². The molecule has 0 aliphatic heterocycles. The van der Waals surface area contributed by atoms with E-state index in [9.17, 15) is 9.59 Å². The molecular formula is C16H20N4O3. The number of benzene rings is 1. The lowest BCUT2D eigenvalue weighted by Gasteiger charge is -2.19. The quantitative estimate of drug-likeness (QED) is 0.829. The summed E-state index contributed by atoms with van der Waals surface area (Å²) in [5.74, 6) is 0. The third-order valence-corrected chi connectivity index (χ3v) is 2.95. The second-order valence-corrected chi connectivity index (χ2v) is 6.15. The molecule has 1 aromatic carbocycles. The van der Waals surface area contributed by atoms with E-state index in [1.165, 1.54) is 10.8 Å². The first-order valence-electron chi connectivity index (χ1n) is 7.08. The van der Waals surface area contributed by atoms with E-state index in [4.69, 9.17) is 10.5 Å². The zero-order valence-electron chi connectivity index (χ0n) is 13.6. The molecule has 1 aromatic heterocycles. The summed E-state index contributed by atoms with van der Waals surface area (Å²) in [6, 6.07) is 5.04. The van der Waals surface area contributed by atoms with E-state index < -0.39 is 11.7 Å². The van der Waals surface area contributed by atoms with Crippen LogP contribution in [0.1, 0.15) is 20.8 Å². The van der Waals surface area contributed by atoms with E-state index >= 15 is 0 Å². The minimum Gasteiger partial charge on any atom is -0.444 e. The average molecular weight is 316 g/mol. The SMILES string of the molecule is Cn1cc(-c2ccc(NC(=O)OC(C)(C)C)cc2N)ncc1=O. The number of anilines is 2. The Balaban J connectivity index is 2.22. The summed E-state index contributed by atoms with van der Waals surface area (Å²) in [7, 11) is 1.64. The van der Waals surface area contributed by atoms with Gasteiger partial charge in [-0.25, -0.2) is 9.78 Å². The van der Waals surface area contributed by atoms with Gasteiger partial charge in [-0.1, -0.05) is 0 Å². The number of nitrogens with two attached hydrogens (primary N) is 1. The number of aromatic nitrogens is 2. The number of amides is 1. The Labute approximate surface area is 134 Å². The maximum Gasteiger partial charge on any atom is 0.412 e. The largest absolute Gasteiger partial charge is 0.444 e. The highest BCUT2D eigenvalue weighted by Gasteiger charge is 2.16. The molecule has 0 unspecified atom stereocenters. The summed E-state index contributed by atoms with van der Waals surface area (Å²) >= 11 is 0. The number of carbonyl (C=O) groups is 1. The Hall–Kier alpha value is -2.83. The van der Waals surface area contributed by atoms with Crippen LogP contribution in [-0.4, -0.2) is 21.2 Å². The number of hydrogen-bond donors (Lipinski definition) is 2. The molecule has 0 fully saturated rings. The van der Waals surface area contributed by atoms with Gasteiger partial charge < -0.3 is 15.0 Å². The number of carbonyl (C=O) groups excluding carboxylic acids is 1. The molecular weight excluding hydrogens is 296 g/mol. The van der Waals surface area contributed by atoms with Crippen LogP contribution in [0.2, 0.25) is 0 Å². The number of nitrogen functional groups attached to an aromatic ring is 1. The number of nitrogens with zero attached hydrogens (tertiary/aromatic N) is 2. The summed E-state index contributed by atoms with van der Waals surface area (Å²) in [4.78, 5) is 27.2. The van der Waals surface area contributed by atoms with Crippen LogP contribution in [0.25, 0.3) is 11.3 Å². The molecule has 0 radical (unpaired) electrons. The van der Waals surface area contributed by atoms with Crippen molar-refractivity contribution in [1.82, 2.24) is 9.55 Å². The molecule has 0 saturated heterocycles. The van der Waals surface area contributed by atoms with Crippen LogP contribution in [-0.2, 0) is 11.8 Å². The Morgan fingerprint density at radius 3 is 2.61 bits per heavy atom. The Morgan fingerprint density at radius 1 is 1.35 bits per heavy atom. The van der Waals surface area contributed by atoms with E-state index in [0.29, 0.717) is 22.6 Å². The fraction of sp³-hybridized carbons (Fsp3) is 0.312. The number of nitrogens with one attached hydrogen (secondary N) is 1. The summed E-state index contributed by atoms with van der Waals surface area (Å²) in [6.45, 7) is 5.36. The molecule has 0 bridgehead atoms. The van der Waals surface area contributed by atoms with Crippen molar-refractivity contribution < 1.29 is 9.53 Å². The van der Waals surface area contributed by atoms with Crippen molar-refractivity contribution in [2.45, 2.75) is 26.4 Å². The maximum absolute atomic E-state index is 11.8. The number of ether oxygens (including phenoxy) is 1. The molecule has 1 heterocycles. The molecule has 0 atom stereocenters. The lowest BCUT2D eigenvalue weighted by atomic mass is 10.1. The van der Waals surface area contributed by atoms with E-state index in [1.807, 2.05) is 0 Å². The van der Waals surface area contributed by atoms with Gasteiger partial charge in [-0.15, -0.1) is 0 Å². The summed E-state index contributed by atoms with van der Waals surface area (Å²) < 4.78 is 6.61. The molecule has 122 valence electrons. The smallest absolute Gasteiger partial charge is 0.412 e. The fourth-order valence-corrected chi connectivity index (χ4v) is 1.93. The number of aryl methyl sites for hydroxylation is 1. The summed E-state index contributed by atoms with van der Waals surface area (Å²) in [6.07, 6.45) is 2.29. The first-order valence-corrected chi connectivity index (χ1v) is 7.08. The fourth-order valence-electron chi connectivity index (χ4n) is 1.93. The van der Waals surface area contributed by atoms with Gasteiger partial charge >= 0.3 is 6.09 Å². The van der Waals surface area contributed by atoms with Gasteiger partial charge in [-0.05, 0) is 39.0 Å². The van der Waals surface area contributed by atoms with Gasteiger partial charge in [0.1, 0.15) is 5.60 Å².